The van der Waals surface area contributed by atoms with Crippen LogP contribution in [0, 0.1) is 0 Å². The third kappa shape index (κ3) is 6.60. The highest BCUT2D eigenvalue weighted by Crippen LogP contribution is 2.24. The average Bonchev–Trinajstić information content (AvgIpc) is 2.77. The van der Waals surface area contributed by atoms with Gasteiger partial charge in [-0.2, -0.15) is 0 Å². The summed E-state index contributed by atoms with van der Waals surface area (Å²) in [7, 11) is 0. The van der Waals surface area contributed by atoms with Gasteiger partial charge >= 0.3 is 0 Å². The number of hydrogen-bond donors (Lipinski definition) is 1. The molecule has 0 spiro atoms. The van der Waals surface area contributed by atoms with Crippen LogP contribution in [-0.2, 0) is 0 Å². The van der Waals surface area contributed by atoms with Gasteiger partial charge in [0.05, 0.1) is 6.61 Å². The molecule has 0 aliphatic heterocycles. The van der Waals surface area contributed by atoms with Crippen molar-refractivity contribution in [2.45, 2.75) is 51.9 Å². The Hall–Kier alpha value is -2.88. The summed E-state index contributed by atoms with van der Waals surface area (Å²) in [6.45, 7) is 3.02. The first-order chi connectivity index (χ1) is 14.3. The summed E-state index contributed by atoms with van der Waals surface area (Å²) in [5.74, 6) is 1.78. The van der Waals surface area contributed by atoms with Gasteiger partial charge < -0.3 is 9.84 Å². The predicted molar refractivity (Wildman–Crippen MR) is 118 cm³/mol. The van der Waals surface area contributed by atoms with E-state index in [0.717, 1.165) is 35.5 Å². The van der Waals surface area contributed by atoms with Crippen molar-refractivity contribution in [3.63, 3.8) is 0 Å². The van der Waals surface area contributed by atoms with Crippen molar-refractivity contribution in [2.75, 3.05) is 6.61 Å². The lowest BCUT2D eigenvalue weighted by Gasteiger charge is -2.08. The molecule has 1 heterocycles. The fraction of sp³-hybridized carbons (Fsp3) is 0.360. The van der Waals surface area contributed by atoms with Crippen molar-refractivity contribution in [3.05, 3.63) is 60.9 Å². The van der Waals surface area contributed by atoms with Gasteiger partial charge in [-0.15, -0.1) is 0 Å². The third-order valence-corrected chi connectivity index (χ3v) is 4.98. The molecule has 2 aromatic carbocycles. The topological polar surface area (TPSA) is 55.2 Å². The fourth-order valence-electron chi connectivity index (χ4n) is 3.23. The minimum Gasteiger partial charge on any atom is -0.508 e. The Bertz CT molecular complexity index is 844. The zero-order valence-electron chi connectivity index (χ0n) is 17.2. The largest absolute Gasteiger partial charge is 0.508 e. The second-order valence-corrected chi connectivity index (χ2v) is 7.34. The maximum absolute atomic E-state index is 9.39. The molecule has 0 aliphatic rings. The molecular formula is C25H30N2O2. The molecular weight excluding hydrogens is 360 g/mol. The number of ether oxygens (including phenoxy) is 1. The number of rotatable bonds is 11. The van der Waals surface area contributed by atoms with Gasteiger partial charge in [0.15, 0.2) is 5.82 Å². The fourth-order valence-corrected chi connectivity index (χ4v) is 3.23. The van der Waals surface area contributed by atoms with Crippen LogP contribution in [0.1, 0.15) is 51.9 Å². The molecule has 0 aliphatic carbocycles. The van der Waals surface area contributed by atoms with E-state index in [-0.39, 0.29) is 5.75 Å². The third-order valence-electron chi connectivity index (χ3n) is 4.98. The molecule has 152 valence electrons. The molecule has 0 amide bonds. The van der Waals surface area contributed by atoms with Crippen LogP contribution in [0.15, 0.2) is 60.9 Å². The van der Waals surface area contributed by atoms with Crippen molar-refractivity contribution in [3.8, 4) is 34.0 Å². The van der Waals surface area contributed by atoms with Gasteiger partial charge in [0, 0.05) is 23.5 Å². The van der Waals surface area contributed by atoms with Gasteiger partial charge in [-0.3, -0.25) is 0 Å². The van der Waals surface area contributed by atoms with Crippen LogP contribution >= 0.6 is 0 Å². The summed E-state index contributed by atoms with van der Waals surface area (Å²) in [4.78, 5) is 8.90. The molecule has 0 fully saturated rings. The van der Waals surface area contributed by atoms with Gasteiger partial charge in [0.1, 0.15) is 11.5 Å². The van der Waals surface area contributed by atoms with E-state index in [9.17, 15) is 5.11 Å². The predicted octanol–water partition coefficient (Wildman–Crippen LogP) is 6.65. The molecule has 4 heteroatoms. The average molecular weight is 391 g/mol. The van der Waals surface area contributed by atoms with E-state index in [0.29, 0.717) is 5.82 Å². The lowest BCUT2D eigenvalue weighted by Crippen LogP contribution is -1.97. The highest BCUT2D eigenvalue weighted by atomic mass is 16.5. The lowest BCUT2D eigenvalue weighted by molar-refractivity contribution is 0.304. The molecule has 0 radical (unpaired) electrons. The first-order valence-corrected chi connectivity index (χ1v) is 10.6. The number of benzene rings is 2. The summed E-state index contributed by atoms with van der Waals surface area (Å²) >= 11 is 0. The molecule has 4 nitrogen and oxygen atoms in total. The Morgan fingerprint density at radius 3 is 1.93 bits per heavy atom. The van der Waals surface area contributed by atoms with E-state index in [1.54, 1.807) is 12.1 Å². The quantitative estimate of drug-likeness (QED) is 0.373. The maximum atomic E-state index is 9.39. The SMILES string of the molecule is CCCCCCCCCOc1ccc(-c2cnc(-c3ccc(O)cc3)nc2)cc1. The van der Waals surface area contributed by atoms with Gasteiger partial charge in [0.2, 0.25) is 0 Å². The Morgan fingerprint density at radius 2 is 1.28 bits per heavy atom. The Labute approximate surface area is 173 Å². The van der Waals surface area contributed by atoms with Gasteiger partial charge in [-0.1, -0.05) is 57.6 Å². The summed E-state index contributed by atoms with van der Waals surface area (Å²) in [5.41, 5.74) is 2.90. The van der Waals surface area contributed by atoms with Crippen LogP contribution in [0.4, 0.5) is 0 Å². The van der Waals surface area contributed by atoms with Crippen molar-refractivity contribution in [1.29, 1.82) is 0 Å². The molecule has 0 atom stereocenters. The van der Waals surface area contributed by atoms with Crippen LogP contribution in [-0.4, -0.2) is 21.7 Å². The van der Waals surface area contributed by atoms with Crippen LogP contribution < -0.4 is 4.74 Å². The van der Waals surface area contributed by atoms with E-state index in [4.69, 9.17) is 4.74 Å². The van der Waals surface area contributed by atoms with Gasteiger partial charge in [-0.05, 0) is 48.4 Å². The van der Waals surface area contributed by atoms with E-state index in [1.165, 1.54) is 38.5 Å². The number of aromatic hydroxyl groups is 1. The molecule has 0 bridgehead atoms. The van der Waals surface area contributed by atoms with Crippen molar-refractivity contribution in [2.24, 2.45) is 0 Å². The van der Waals surface area contributed by atoms with Crippen molar-refractivity contribution < 1.29 is 9.84 Å². The van der Waals surface area contributed by atoms with Crippen LogP contribution in [0.3, 0.4) is 0 Å². The van der Waals surface area contributed by atoms with E-state index in [2.05, 4.69) is 16.9 Å². The van der Waals surface area contributed by atoms with E-state index >= 15 is 0 Å². The molecule has 1 aromatic heterocycles. The second kappa shape index (κ2) is 11.2. The molecule has 29 heavy (non-hydrogen) atoms. The summed E-state index contributed by atoms with van der Waals surface area (Å²) < 4.78 is 5.86. The lowest BCUT2D eigenvalue weighted by atomic mass is 10.1. The molecule has 0 saturated carbocycles. The normalized spacial score (nSPS) is 10.8. The number of phenolic OH excluding ortho intramolecular Hbond substituents is 1. The van der Waals surface area contributed by atoms with Gasteiger partial charge in [-0.25, -0.2) is 9.97 Å². The standard InChI is InChI=1S/C25H30N2O2/c1-2-3-4-5-6-7-8-17-29-24-15-11-20(12-16-24)22-18-26-25(27-19-22)21-9-13-23(28)14-10-21/h9-16,18-19,28H,2-8,17H2,1H3. The molecule has 0 saturated heterocycles. The zero-order chi connectivity index (χ0) is 20.3. The smallest absolute Gasteiger partial charge is 0.159 e. The van der Waals surface area contributed by atoms with Gasteiger partial charge in [0.25, 0.3) is 0 Å². The Kier molecular flexibility index (Phi) is 8.05. The summed E-state index contributed by atoms with van der Waals surface area (Å²) in [5, 5.41) is 9.39. The molecule has 0 unspecified atom stereocenters. The van der Waals surface area contributed by atoms with Crippen molar-refractivity contribution >= 4 is 0 Å². The van der Waals surface area contributed by atoms with Crippen LogP contribution in [0.2, 0.25) is 0 Å². The number of phenols is 1. The second-order valence-electron chi connectivity index (χ2n) is 7.34. The number of hydrogen-bond acceptors (Lipinski definition) is 4. The van der Waals surface area contributed by atoms with Crippen molar-refractivity contribution in [1.82, 2.24) is 9.97 Å². The van der Waals surface area contributed by atoms with Crippen LogP contribution in [0.5, 0.6) is 11.5 Å². The summed E-state index contributed by atoms with van der Waals surface area (Å²) in [6, 6.07) is 15.0. The highest BCUT2D eigenvalue weighted by molar-refractivity contribution is 5.64. The monoisotopic (exact) mass is 390 g/mol. The number of unbranched alkanes of at least 4 members (excludes halogenated alkanes) is 6. The number of nitrogens with zero attached hydrogens (tertiary/aromatic N) is 2. The number of aromatic nitrogens is 2. The molecule has 3 aromatic rings. The maximum Gasteiger partial charge on any atom is 0.159 e. The Balaban J connectivity index is 1.46. The minimum atomic E-state index is 0.236. The summed E-state index contributed by atoms with van der Waals surface area (Å²) in [6.07, 6.45) is 12.7. The first kappa shape index (κ1) is 20.8. The van der Waals surface area contributed by atoms with E-state index in [1.807, 2.05) is 48.8 Å². The molecule has 3 rings (SSSR count). The first-order valence-electron chi connectivity index (χ1n) is 10.6. The minimum absolute atomic E-state index is 0.236. The molecule has 1 N–H and O–H groups in total. The Morgan fingerprint density at radius 1 is 0.690 bits per heavy atom. The van der Waals surface area contributed by atoms with Crippen LogP contribution in [0.25, 0.3) is 22.5 Å². The van der Waals surface area contributed by atoms with E-state index < -0.39 is 0 Å². The zero-order valence-corrected chi connectivity index (χ0v) is 17.2. The highest BCUT2D eigenvalue weighted by Gasteiger charge is 2.04.